The van der Waals surface area contributed by atoms with Crippen LogP contribution >= 0.6 is 0 Å². The fourth-order valence-corrected chi connectivity index (χ4v) is 5.97. The Labute approximate surface area is 166 Å². The molecule has 2 bridgehead atoms. The maximum atomic E-state index is 12.8. The van der Waals surface area contributed by atoms with E-state index in [4.69, 9.17) is 0 Å². The zero-order valence-corrected chi connectivity index (χ0v) is 18.0. The van der Waals surface area contributed by atoms with E-state index < -0.39 is 6.10 Å². The molecular formula is C20H31O2Y-. The van der Waals surface area contributed by atoms with Gasteiger partial charge >= 0.3 is 0 Å². The minimum atomic E-state index is -0.424. The summed E-state index contributed by atoms with van der Waals surface area (Å²) in [4.78, 5) is 12.8. The molecule has 0 aromatic heterocycles. The van der Waals surface area contributed by atoms with E-state index in [1.165, 1.54) is 6.42 Å². The number of aliphatic hydroxyl groups is 1. The molecule has 3 saturated carbocycles. The van der Waals surface area contributed by atoms with E-state index in [1.54, 1.807) is 0 Å². The molecule has 3 heteroatoms. The van der Waals surface area contributed by atoms with Gasteiger partial charge in [-0.25, -0.2) is 0 Å². The second-order valence-electron chi connectivity index (χ2n) is 8.79. The van der Waals surface area contributed by atoms with Crippen LogP contribution in [0.4, 0.5) is 0 Å². The third kappa shape index (κ3) is 2.58. The molecule has 0 heterocycles. The summed E-state index contributed by atoms with van der Waals surface area (Å²) in [5.41, 5.74) is -0.342. The van der Waals surface area contributed by atoms with Gasteiger partial charge in [0.15, 0.2) is 0 Å². The molecule has 0 aliphatic heterocycles. The number of hydrogen-bond acceptors (Lipinski definition) is 2. The van der Waals surface area contributed by atoms with Gasteiger partial charge in [0, 0.05) is 45.0 Å². The van der Waals surface area contributed by atoms with Crippen LogP contribution in [0.3, 0.4) is 0 Å². The van der Waals surface area contributed by atoms with Crippen molar-refractivity contribution in [2.75, 3.05) is 0 Å². The fourth-order valence-electron chi connectivity index (χ4n) is 5.97. The number of hydrogen-bond donors (Lipinski definition) is 1. The van der Waals surface area contributed by atoms with Crippen LogP contribution in [0.2, 0.25) is 0 Å². The zero-order valence-electron chi connectivity index (χ0n) is 15.1. The smallest absolute Gasteiger partial charge is 0.134 e. The normalized spacial score (nSPS) is 52.8. The molecule has 1 N–H and O–H groups in total. The largest absolute Gasteiger partial charge is 0.392 e. The Morgan fingerprint density at radius 1 is 1.30 bits per heavy atom. The Hall–Kier alpha value is 0.474. The number of ketones is 1. The summed E-state index contributed by atoms with van der Waals surface area (Å²) in [6.07, 6.45) is 8.59. The van der Waals surface area contributed by atoms with Gasteiger partial charge in [-0.1, -0.05) is 46.1 Å². The molecule has 0 saturated heterocycles. The molecule has 3 rings (SSSR count). The molecule has 7 atom stereocenters. The number of aliphatic hydroxyl groups excluding tert-OH is 1. The Morgan fingerprint density at radius 3 is 2.57 bits per heavy atom. The van der Waals surface area contributed by atoms with Crippen molar-refractivity contribution in [3.05, 3.63) is 19.1 Å². The molecule has 0 amide bonds. The van der Waals surface area contributed by atoms with Crippen molar-refractivity contribution >= 4 is 5.78 Å². The van der Waals surface area contributed by atoms with Gasteiger partial charge in [-0.05, 0) is 29.6 Å². The predicted molar refractivity (Wildman–Crippen MR) is 89.1 cm³/mol. The topological polar surface area (TPSA) is 37.3 Å². The molecule has 2 unspecified atom stereocenters. The first kappa shape index (κ1) is 19.8. The standard InChI is InChI=1S/C20H31O2.Y/c1-6-18(4)11-12-19(5)13(2)7-9-20(14(3)17(18)22)10-8-15(21)16(19)20;/h6,12-14,16-17,22H,1,7-11H2,2-5H3;/q-1;/t13?,14-,16?,17-,18+,19+,20-;/m0./s1. The summed E-state index contributed by atoms with van der Waals surface area (Å²) in [7, 11) is 0. The summed E-state index contributed by atoms with van der Waals surface area (Å²) in [5, 5.41) is 11.1. The van der Waals surface area contributed by atoms with E-state index in [1.807, 2.05) is 6.08 Å². The summed E-state index contributed by atoms with van der Waals surface area (Å²) in [6, 6.07) is 0. The molecular weight excluding hydrogens is 361 g/mol. The zero-order chi connectivity index (χ0) is 16.3. The fraction of sp³-hybridized carbons (Fsp3) is 0.800. The monoisotopic (exact) mass is 392 g/mol. The van der Waals surface area contributed by atoms with Gasteiger partial charge in [0.25, 0.3) is 0 Å². The van der Waals surface area contributed by atoms with Crippen molar-refractivity contribution in [1.29, 1.82) is 0 Å². The second kappa shape index (κ2) is 6.33. The molecule has 23 heavy (non-hydrogen) atoms. The molecule has 1 radical (unpaired) electrons. The van der Waals surface area contributed by atoms with E-state index in [-0.39, 0.29) is 60.8 Å². The van der Waals surface area contributed by atoms with Gasteiger partial charge in [-0.3, -0.25) is 4.79 Å². The minimum absolute atomic E-state index is 0. The molecule has 3 aliphatic carbocycles. The summed E-state index contributed by atoms with van der Waals surface area (Å²) in [6.45, 7) is 12.9. The molecule has 0 spiro atoms. The van der Waals surface area contributed by atoms with Crippen LogP contribution in [-0.2, 0) is 37.5 Å². The van der Waals surface area contributed by atoms with Crippen LogP contribution in [0.15, 0.2) is 12.7 Å². The Balaban J connectivity index is 0.00000192. The number of rotatable bonds is 1. The van der Waals surface area contributed by atoms with E-state index >= 15 is 0 Å². The van der Waals surface area contributed by atoms with Gasteiger partial charge in [0.1, 0.15) is 5.78 Å². The van der Waals surface area contributed by atoms with E-state index in [0.717, 1.165) is 19.3 Å². The maximum Gasteiger partial charge on any atom is 0.134 e. The summed E-state index contributed by atoms with van der Waals surface area (Å²) < 4.78 is 0. The maximum absolute atomic E-state index is 12.8. The number of carbonyl (C=O) groups is 1. The Kier molecular flexibility index (Phi) is 5.44. The summed E-state index contributed by atoms with van der Waals surface area (Å²) >= 11 is 0. The van der Waals surface area contributed by atoms with Crippen molar-refractivity contribution in [2.45, 2.75) is 65.9 Å². The quantitative estimate of drug-likeness (QED) is 0.537. The van der Waals surface area contributed by atoms with Gasteiger partial charge < -0.3 is 11.5 Å². The van der Waals surface area contributed by atoms with Crippen molar-refractivity contribution in [3.63, 3.8) is 0 Å². The Morgan fingerprint density at radius 2 is 1.96 bits per heavy atom. The molecule has 3 aliphatic rings. The molecule has 3 fully saturated rings. The van der Waals surface area contributed by atoms with Crippen LogP contribution in [-0.4, -0.2) is 17.0 Å². The minimum Gasteiger partial charge on any atom is -0.392 e. The first-order valence-corrected chi connectivity index (χ1v) is 8.90. The average Bonchev–Trinajstić information content (AvgIpc) is 2.86. The van der Waals surface area contributed by atoms with Crippen LogP contribution in [0.1, 0.15) is 59.8 Å². The van der Waals surface area contributed by atoms with Gasteiger partial charge in [0.05, 0.1) is 6.10 Å². The third-order valence-corrected chi connectivity index (χ3v) is 7.96. The molecule has 0 aromatic carbocycles. The molecule has 2 nitrogen and oxygen atoms in total. The van der Waals surface area contributed by atoms with E-state index in [2.05, 4.69) is 40.7 Å². The Bertz CT molecular complexity index is 504. The van der Waals surface area contributed by atoms with Crippen molar-refractivity contribution < 1.29 is 42.6 Å². The van der Waals surface area contributed by atoms with Crippen LogP contribution in [0.5, 0.6) is 0 Å². The van der Waals surface area contributed by atoms with Crippen molar-refractivity contribution in [3.8, 4) is 0 Å². The first-order chi connectivity index (χ1) is 10.2. The predicted octanol–water partition coefficient (Wildman–Crippen LogP) is 4.18. The van der Waals surface area contributed by atoms with Crippen molar-refractivity contribution in [1.82, 2.24) is 0 Å². The van der Waals surface area contributed by atoms with Crippen LogP contribution < -0.4 is 0 Å². The SMILES string of the molecule is C=C[C@]1(C)C[CH-][C@]2(C)C(C)CC[C@]3(CCC(=O)C23)[C@@H](C)[C@@H]1O.[Y]. The third-order valence-electron chi connectivity index (χ3n) is 7.96. The van der Waals surface area contributed by atoms with Crippen LogP contribution in [0, 0.1) is 40.4 Å². The van der Waals surface area contributed by atoms with Gasteiger partial charge in [-0.15, -0.1) is 12.0 Å². The molecule has 0 aromatic rings. The van der Waals surface area contributed by atoms with Gasteiger partial charge in [0.2, 0.25) is 0 Å². The van der Waals surface area contributed by atoms with Gasteiger partial charge in [-0.2, -0.15) is 6.42 Å². The summed E-state index contributed by atoms with van der Waals surface area (Å²) in [5.74, 6) is 1.21. The number of carbonyl (C=O) groups excluding carboxylic acids is 1. The first-order valence-electron chi connectivity index (χ1n) is 8.90. The van der Waals surface area contributed by atoms with E-state index in [9.17, 15) is 9.90 Å². The molecule has 127 valence electrons. The van der Waals surface area contributed by atoms with E-state index in [0.29, 0.717) is 18.1 Å². The van der Waals surface area contributed by atoms with Crippen molar-refractivity contribution in [2.24, 2.45) is 34.0 Å². The second-order valence-corrected chi connectivity index (χ2v) is 8.79. The van der Waals surface area contributed by atoms with Crippen LogP contribution in [0.25, 0.3) is 0 Å². The number of Topliss-reactive ketones (excluding diaryl/α,β-unsaturated/α-hetero) is 1. The average molecular weight is 392 g/mol.